The minimum absolute atomic E-state index is 0.0103. The van der Waals surface area contributed by atoms with Gasteiger partial charge in [-0.1, -0.05) is 17.8 Å². The number of fused-ring (bicyclic) bond motifs is 1. The van der Waals surface area contributed by atoms with Crippen LogP contribution in [0.25, 0.3) is 17.1 Å². The first-order valence-corrected chi connectivity index (χ1v) is 8.54. The maximum atomic E-state index is 10.7. The zero-order chi connectivity index (χ0) is 18.1. The molecule has 9 nitrogen and oxygen atoms in total. The fourth-order valence-corrected chi connectivity index (χ4v) is 3.22. The Morgan fingerprint density at radius 3 is 2.69 bits per heavy atom. The Morgan fingerprint density at radius 2 is 1.92 bits per heavy atom. The molecule has 26 heavy (non-hydrogen) atoms. The van der Waals surface area contributed by atoms with Crippen LogP contribution in [0, 0.1) is 10.1 Å². The molecular formula is C16H12N6O3S. The fourth-order valence-electron chi connectivity index (χ4n) is 2.35. The van der Waals surface area contributed by atoms with Gasteiger partial charge in [0.1, 0.15) is 0 Å². The summed E-state index contributed by atoms with van der Waals surface area (Å²) in [6.07, 6.45) is 1.89. The molecule has 0 unspecified atom stereocenters. The third kappa shape index (κ3) is 3.02. The Kier molecular flexibility index (Phi) is 4.09. The monoisotopic (exact) mass is 368 g/mol. The van der Waals surface area contributed by atoms with Gasteiger partial charge in [-0.3, -0.25) is 14.5 Å². The van der Waals surface area contributed by atoms with Gasteiger partial charge < -0.3 is 4.42 Å². The normalized spacial score (nSPS) is 12.3. The van der Waals surface area contributed by atoms with E-state index in [9.17, 15) is 10.1 Å². The molecule has 0 aliphatic heterocycles. The molecule has 0 N–H and O–H groups in total. The number of nitro benzene ring substituents is 1. The van der Waals surface area contributed by atoms with Crippen molar-refractivity contribution in [1.82, 2.24) is 24.8 Å². The first kappa shape index (κ1) is 16.2. The summed E-state index contributed by atoms with van der Waals surface area (Å²) in [6.45, 7) is 1.93. The van der Waals surface area contributed by atoms with Gasteiger partial charge in [-0.25, -0.2) is 0 Å². The van der Waals surface area contributed by atoms with Crippen LogP contribution in [0.3, 0.4) is 0 Å². The SMILES string of the molecule is C[C@H](Sc1nnc2ccccn12)c1nnc(-c2ccc([N+](=O)[O-])cc2)o1. The lowest BCUT2D eigenvalue weighted by Gasteiger charge is -2.04. The van der Waals surface area contributed by atoms with Gasteiger partial charge in [0, 0.05) is 23.9 Å². The van der Waals surface area contributed by atoms with E-state index in [1.54, 1.807) is 12.1 Å². The molecule has 1 atom stereocenters. The summed E-state index contributed by atoms with van der Waals surface area (Å²) in [5.74, 6) is 0.754. The highest BCUT2D eigenvalue weighted by atomic mass is 32.2. The van der Waals surface area contributed by atoms with E-state index in [1.807, 2.05) is 35.7 Å². The van der Waals surface area contributed by atoms with Crippen molar-refractivity contribution in [3.63, 3.8) is 0 Å². The summed E-state index contributed by atoms with van der Waals surface area (Å²) in [5.41, 5.74) is 1.40. The average molecular weight is 368 g/mol. The zero-order valence-corrected chi connectivity index (χ0v) is 14.3. The number of aromatic nitrogens is 5. The molecule has 0 radical (unpaired) electrons. The van der Waals surface area contributed by atoms with Gasteiger partial charge in [0.05, 0.1) is 10.2 Å². The van der Waals surface area contributed by atoms with Crippen LogP contribution in [0.1, 0.15) is 18.1 Å². The second-order valence-corrected chi connectivity index (χ2v) is 6.73. The van der Waals surface area contributed by atoms with E-state index in [4.69, 9.17) is 4.42 Å². The van der Waals surface area contributed by atoms with E-state index in [2.05, 4.69) is 20.4 Å². The number of non-ortho nitro benzene ring substituents is 1. The minimum atomic E-state index is -0.454. The molecule has 0 amide bonds. The van der Waals surface area contributed by atoms with E-state index in [-0.39, 0.29) is 10.9 Å². The zero-order valence-electron chi connectivity index (χ0n) is 13.5. The maximum absolute atomic E-state index is 10.7. The van der Waals surface area contributed by atoms with Crippen molar-refractivity contribution in [1.29, 1.82) is 0 Å². The van der Waals surface area contributed by atoms with Crippen LogP contribution in [0.4, 0.5) is 5.69 Å². The number of benzene rings is 1. The Balaban J connectivity index is 1.54. The van der Waals surface area contributed by atoms with Gasteiger partial charge in [-0.15, -0.1) is 20.4 Å². The number of nitro groups is 1. The lowest BCUT2D eigenvalue weighted by atomic mass is 10.2. The molecular weight excluding hydrogens is 356 g/mol. The summed E-state index contributed by atoms with van der Waals surface area (Å²) in [7, 11) is 0. The van der Waals surface area contributed by atoms with E-state index in [0.717, 1.165) is 10.8 Å². The average Bonchev–Trinajstić information content (AvgIpc) is 3.30. The Labute approximate surface area is 151 Å². The summed E-state index contributed by atoms with van der Waals surface area (Å²) in [4.78, 5) is 10.3. The van der Waals surface area contributed by atoms with Gasteiger partial charge in [0.15, 0.2) is 10.8 Å². The number of hydrogen-bond donors (Lipinski definition) is 0. The topological polar surface area (TPSA) is 112 Å². The largest absolute Gasteiger partial charge is 0.419 e. The van der Waals surface area contributed by atoms with Crippen LogP contribution >= 0.6 is 11.8 Å². The summed E-state index contributed by atoms with van der Waals surface area (Å²) in [6, 6.07) is 11.7. The predicted octanol–water partition coefficient (Wildman–Crippen LogP) is 3.54. The second-order valence-electron chi connectivity index (χ2n) is 5.42. The van der Waals surface area contributed by atoms with Crippen molar-refractivity contribution >= 4 is 23.1 Å². The molecule has 130 valence electrons. The second kappa shape index (κ2) is 6.56. The van der Waals surface area contributed by atoms with Crippen LogP contribution in [0.2, 0.25) is 0 Å². The highest BCUT2D eigenvalue weighted by Gasteiger charge is 2.19. The molecule has 0 saturated heterocycles. The molecule has 0 fully saturated rings. The van der Waals surface area contributed by atoms with Crippen molar-refractivity contribution in [2.75, 3.05) is 0 Å². The quantitative estimate of drug-likeness (QED) is 0.299. The Hall–Kier alpha value is -3.27. The first-order chi connectivity index (χ1) is 12.6. The lowest BCUT2D eigenvalue weighted by Crippen LogP contribution is -1.92. The van der Waals surface area contributed by atoms with Crippen molar-refractivity contribution in [3.05, 3.63) is 64.7 Å². The summed E-state index contributed by atoms with van der Waals surface area (Å²) >= 11 is 1.45. The fraction of sp³-hybridized carbons (Fsp3) is 0.125. The highest BCUT2D eigenvalue weighted by molar-refractivity contribution is 7.99. The third-order valence-corrected chi connectivity index (χ3v) is 4.72. The van der Waals surface area contributed by atoms with E-state index in [1.165, 1.54) is 23.9 Å². The molecule has 0 saturated carbocycles. The van der Waals surface area contributed by atoms with Crippen LogP contribution < -0.4 is 0 Å². The van der Waals surface area contributed by atoms with Gasteiger partial charge in [-0.05, 0) is 31.2 Å². The summed E-state index contributed by atoms with van der Waals surface area (Å²) in [5, 5.41) is 27.7. The van der Waals surface area contributed by atoms with Crippen molar-refractivity contribution in [2.24, 2.45) is 0 Å². The lowest BCUT2D eigenvalue weighted by molar-refractivity contribution is -0.384. The Morgan fingerprint density at radius 1 is 1.12 bits per heavy atom. The standard InChI is InChI=1S/C16H12N6O3S/c1-10(26-16-20-17-13-4-2-3-9-21(13)16)14-18-19-15(25-14)11-5-7-12(8-6-11)22(23)24/h2-10H,1H3/t10-/m0/s1. The molecule has 3 aromatic heterocycles. The number of hydrogen-bond acceptors (Lipinski definition) is 8. The number of rotatable bonds is 5. The number of thioether (sulfide) groups is 1. The Bertz CT molecular complexity index is 1070. The van der Waals surface area contributed by atoms with Crippen molar-refractivity contribution in [3.8, 4) is 11.5 Å². The van der Waals surface area contributed by atoms with Crippen LogP contribution in [0.15, 0.2) is 58.2 Å². The van der Waals surface area contributed by atoms with E-state index >= 15 is 0 Å². The maximum Gasteiger partial charge on any atom is 0.269 e. The number of nitrogens with zero attached hydrogens (tertiary/aromatic N) is 6. The van der Waals surface area contributed by atoms with Gasteiger partial charge in [-0.2, -0.15) is 0 Å². The first-order valence-electron chi connectivity index (χ1n) is 7.66. The third-order valence-electron chi connectivity index (χ3n) is 3.68. The molecule has 4 rings (SSSR count). The number of pyridine rings is 1. The minimum Gasteiger partial charge on any atom is -0.419 e. The van der Waals surface area contributed by atoms with Crippen LogP contribution in [-0.2, 0) is 0 Å². The predicted molar refractivity (Wildman–Crippen MR) is 93.6 cm³/mol. The van der Waals surface area contributed by atoms with Gasteiger partial charge in [0.2, 0.25) is 11.8 Å². The van der Waals surface area contributed by atoms with Gasteiger partial charge >= 0.3 is 0 Å². The molecule has 0 bridgehead atoms. The van der Waals surface area contributed by atoms with E-state index < -0.39 is 4.92 Å². The highest BCUT2D eigenvalue weighted by Crippen LogP contribution is 2.34. The molecule has 3 heterocycles. The molecule has 0 aliphatic carbocycles. The molecule has 0 spiro atoms. The van der Waals surface area contributed by atoms with E-state index in [0.29, 0.717) is 17.3 Å². The molecule has 0 aliphatic rings. The summed E-state index contributed by atoms with van der Waals surface area (Å²) < 4.78 is 7.61. The molecule has 1 aromatic carbocycles. The van der Waals surface area contributed by atoms with Crippen molar-refractivity contribution in [2.45, 2.75) is 17.3 Å². The van der Waals surface area contributed by atoms with Crippen molar-refractivity contribution < 1.29 is 9.34 Å². The smallest absolute Gasteiger partial charge is 0.269 e. The van der Waals surface area contributed by atoms with Crippen LogP contribution in [-0.4, -0.2) is 29.7 Å². The van der Waals surface area contributed by atoms with Crippen LogP contribution in [0.5, 0.6) is 0 Å². The molecule has 4 aromatic rings. The molecule has 10 heteroatoms. The van der Waals surface area contributed by atoms with Gasteiger partial charge in [0.25, 0.3) is 5.69 Å².